The summed E-state index contributed by atoms with van der Waals surface area (Å²) in [5.41, 5.74) is 3.07. The Labute approximate surface area is 194 Å². The first-order chi connectivity index (χ1) is 15.9. The van der Waals surface area contributed by atoms with E-state index in [1.54, 1.807) is 23.6 Å². The summed E-state index contributed by atoms with van der Waals surface area (Å²) < 4.78 is 1.84. The van der Waals surface area contributed by atoms with Crippen molar-refractivity contribution in [2.75, 3.05) is 13.1 Å². The fourth-order valence-electron chi connectivity index (χ4n) is 4.57. The Morgan fingerprint density at radius 1 is 1.12 bits per heavy atom. The van der Waals surface area contributed by atoms with Gasteiger partial charge >= 0.3 is 0 Å². The second-order valence-corrected chi connectivity index (χ2v) is 9.07. The number of imidazole rings is 1. The Hall–Kier alpha value is -3.48. The number of amides is 2. The highest BCUT2D eigenvalue weighted by Gasteiger charge is 2.46. The molecule has 1 aliphatic heterocycles. The maximum absolute atomic E-state index is 13.4. The van der Waals surface area contributed by atoms with E-state index >= 15 is 0 Å². The summed E-state index contributed by atoms with van der Waals surface area (Å²) in [5, 5.41) is 3.10. The van der Waals surface area contributed by atoms with Crippen molar-refractivity contribution >= 4 is 11.8 Å². The van der Waals surface area contributed by atoms with Crippen LogP contribution in [0.1, 0.15) is 43.2 Å². The van der Waals surface area contributed by atoms with Crippen LogP contribution in [0.4, 0.5) is 0 Å². The normalized spacial score (nSPS) is 18.0. The largest absolute Gasteiger partial charge is 0.353 e. The Morgan fingerprint density at radius 2 is 1.94 bits per heavy atom. The molecule has 1 unspecified atom stereocenters. The highest BCUT2D eigenvalue weighted by Crippen LogP contribution is 2.36. The summed E-state index contributed by atoms with van der Waals surface area (Å²) in [7, 11) is 0. The van der Waals surface area contributed by atoms with Gasteiger partial charge in [-0.1, -0.05) is 30.3 Å². The zero-order valence-electron chi connectivity index (χ0n) is 19.5. The number of nitrogens with zero attached hydrogens (tertiary/aromatic N) is 4. The van der Waals surface area contributed by atoms with E-state index in [-0.39, 0.29) is 17.9 Å². The third kappa shape index (κ3) is 4.82. The summed E-state index contributed by atoms with van der Waals surface area (Å²) >= 11 is 0. The van der Waals surface area contributed by atoms with Gasteiger partial charge in [0.25, 0.3) is 5.91 Å². The first kappa shape index (κ1) is 22.7. The SMILES string of the molecule is CCn1cncc1C(=O)N1CCC(Cc2cccc(-c3cccnc3)c2)(C(=O)NC(C)C)C1. The van der Waals surface area contributed by atoms with Crippen LogP contribution < -0.4 is 5.32 Å². The van der Waals surface area contributed by atoms with Gasteiger partial charge in [-0.15, -0.1) is 0 Å². The van der Waals surface area contributed by atoms with Crippen molar-refractivity contribution in [3.8, 4) is 11.1 Å². The van der Waals surface area contributed by atoms with E-state index in [9.17, 15) is 9.59 Å². The monoisotopic (exact) mass is 445 g/mol. The summed E-state index contributed by atoms with van der Waals surface area (Å²) in [4.78, 5) is 36.8. The standard InChI is InChI=1S/C26H31N5O2/c1-4-30-18-28-16-23(30)24(32)31-12-10-26(17-31,25(33)29-19(2)3)14-20-7-5-8-21(13-20)22-9-6-11-27-15-22/h5-9,11,13,15-16,18-19H,4,10,12,14,17H2,1-3H3,(H,29,33). The molecule has 2 amide bonds. The Morgan fingerprint density at radius 3 is 2.67 bits per heavy atom. The van der Waals surface area contributed by atoms with Crippen LogP contribution in [-0.4, -0.2) is 50.4 Å². The lowest BCUT2D eigenvalue weighted by Gasteiger charge is -2.29. The Bertz CT molecular complexity index is 1120. The second-order valence-electron chi connectivity index (χ2n) is 9.07. The molecule has 7 nitrogen and oxygen atoms in total. The number of aromatic nitrogens is 3. The van der Waals surface area contributed by atoms with Crippen LogP contribution in [0, 0.1) is 5.41 Å². The topological polar surface area (TPSA) is 80.1 Å². The molecule has 1 atom stereocenters. The van der Waals surface area contributed by atoms with Crippen molar-refractivity contribution in [2.24, 2.45) is 5.41 Å². The van der Waals surface area contributed by atoms with Gasteiger partial charge in [-0.2, -0.15) is 0 Å². The lowest BCUT2D eigenvalue weighted by Crippen LogP contribution is -2.47. The molecule has 1 N–H and O–H groups in total. The molecule has 1 aromatic carbocycles. The minimum atomic E-state index is -0.676. The quantitative estimate of drug-likeness (QED) is 0.603. The summed E-state index contributed by atoms with van der Waals surface area (Å²) in [6.07, 6.45) is 8.06. The number of hydrogen-bond donors (Lipinski definition) is 1. The summed E-state index contributed by atoms with van der Waals surface area (Å²) in [6.45, 7) is 7.52. The molecule has 33 heavy (non-hydrogen) atoms. The van der Waals surface area contributed by atoms with E-state index in [4.69, 9.17) is 0 Å². The molecule has 3 aromatic rings. The zero-order chi connectivity index (χ0) is 23.4. The van der Waals surface area contributed by atoms with Gasteiger partial charge in [-0.25, -0.2) is 4.98 Å². The van der Waals surface area contributed by atoms with Gasteiger partial charge in [0.15, 0.2) is 0 Å². The van der Waals surface area contributed by atoms with Crippen LogP contribution in [0.3, 0.4) is 0 Å². The van der Waals surface area contributed by atoms with E-state index in [2.05, 4.69) is 33.5 Å². The maximum Gasteiger partial charge on any atom is 0.272 e. The smallest absolute Gasteiger partial charge is 0.272 e. The first-order valence-corrected chi connectivity index (χ1v) is 11.5. The predicted molar refractivity (Wildman–Crippen MR) is 128 cm³/mol. The molecular formula is C26H31N5O2. The molecule has 2 aromatic heterocycles. The zero-order valence-corrected chi connectivity index (χ0v) is 19.5. The van der Waals surface area contributed by atoms with E-state index in [1.807, 2.05) is 49.7 Å². The van der Waals surface area contributed by atoms with Gasteiger partial charge in [0.05, 0.1) is 17.9 Å². The summed E-state index contributed by atoms with van der Waals surface area (Å²) in [5.74, 6) is -0.0683. The third-order valence-electron chi connectivity index (χ3n) is 6.28. The van der Waals surface area contributed by atoms with Crippen molar-refractivity contribution in [1.29, 1.82) is 0 Å². The van der Waals surface area contributed by atoms with Gasteiger partial charge in [-0.05, 0) is 56.4 Å². The van der Waals surface area contributed by atoms with Crippen molar-refractivity contribution in [3.63, 3.8) is 0 Å². The molecule has 1 aliphatic rings. The molecule has 7 heteroatoms. The number of carbonyl (C=O) groups excluding carboxylic acids is 2. The van der Waals surface area contributed by atoms with Crippen LogP contribution in [0.15, 0.2) is 61.3 Å². The van der Waals surface area contributed by atoms with Crippen molar-refractivity contribution in [2.45, 2.75) is 46.2 Å². The van der Waals surface area contributed by atoms with Crippen molar-refractivity contribution in [1.82, 2.24) is 24.8 Å². The Kier molecular flexibility index (Phi) is 6.58. The molecule has 0 radical (unpaired) electrons. The van der Waals surface area contributed by atoms with Gasteiger partial charge in [-0.3, -0.25) is 14.6 Å². The van der Waals surface area contributed by atoms with E-state index < -0.39 is 5.41 Å². The Balaban J connectivity index is 1.61. The van der Waals surface area contributed by atoms with Gasteiger partial charge in [0, 0.05) is 38.1 Å². The number of benzene rings is 1. The second kappa shape index (κ2) is 9.57. The molecule has 1 fully saturated rings. The van der Waals surface area contributed by atoms with Crippen molar-refractivity contribution < 1.29 is 9.59 Å². The number of carbonyl (C=O) groups is 2. The van der Waals surface area contributed by atoms with Gasteiger partial charge in [0.2, 0.25) is 5.91 Å². The van der Waals surface area contributed by atoms with Crippen LogP contribution >= 0.6 is 0 Å². The van der Waals surface area contributed by atoms with E-state index in [0.717, 1.165) is 16.7 Å². The number of likely N-dealkylation sites (tertiary alicyclic amines) is 1. The minimum Gasteiger partial charge on any atom is -0.353 e. The molecular weight excluding hydrogens is 414 g/mol. The fourth-order valence-corrected chi connectivity index (χ4v) is 4.57. The lowest BCUT2D eigenvalue weighted by atomic mass is 9.79. The number of pyridine rings is 1. The highest BCUT2D eigenvalue weighted by molar-refractivity contribution is 5.94. The van der Waals surface area contributed by atoms with E-state index in [1.165, 1.54) is 0 Å². The van der Waals surface area contributed by atoms with E-state index in [0.29, 0.717) is 38.2 Å². The number of aryl methyl sites for hydroxylation is 1. The number of hydrogen-bond acceptors (Lipinski definition) is 4. The van der Waals surface area contributed by atoms with Crippen LogP contribution in [0.2, 0.25) is 0 Å². The molecule has 0 bridgehead atoms. The highest BCUT2D eigenvalue weighted by atomic mass is 16.2. The molecule has 172 valence electrons. The van der Waals surface area contributed by atoms with Crippen LogP contribution in [0.5, 0.6) is 0 Å². The lowest BCUT2D eigenvalue weighted by molar-refractivity contribution is -0.130. The average molecular weight is 446 g/mol. The molecule has 0 aliphatic carbocycles. The maximum atomic E-state index is 13.4. The van der Waals surface area contributed by atoms with Crippen LogP contribution in [0.25, 0.3) is 11.1 Å². The van der Waals surface area contributed by atoms with Crippen LogP contribution in [-0.2, 0) is 17.8 Å². The molecule has 3 heterocycles. The molecule has 1 saturated heterocycles. The average Bonchev–Trinajstić information content (AvgIpc) is 3.47. The fraction of sp³-hybridized carbons (Fsp3) is 0.385. The minimum absolute atomic E-state index is 0.00331. The third-order valence-corrected chi connectivity index (χ3v) is 6.28. The number of rotatable bonds is 7. The number of nitrogens with one attached hydrogen (secondary N) is 1. The first-order valence-electron chi connectivity index (χ1n) is 11.5. The van der Waals surface area contributed by atoms with Crippen molar-refractivity contribution in [3.05, 3.63) is 72.6 Å². The molecule has 0 saturated carbocycles. The van der Waals surface area contributed by atoms with Gasteiger partial charge in [0.1, 0.15) is 5.69 Å². The predicted octanol–water partition coefficient (Wildman–Crippen LogP) is 3.56. The molecule has 0 spiro atoms. The molecule has 4 rings (SSSR count). The van der Waals surface area contributed by atoms with Gasteiger partial charge < -0.3 is 14.8 Å². The summed E-state index contributed by atoms with van der Waals surface area (Å²) in [6, 6.07) is 12.2.